The first-order chi connectivity index (χ1) is 14.3. The van der Waals surface area contributed by atoms with Gasteiger partial charge in [0, 0.05) is 17.8 Å². The normalized spacial score (nSPS) is 14.4. The Morgan fingerprint density at radius 2 is 1.62 bits per heavy atom. The highest BCUT2D eigenvalue weighted by molar-refractivity contribution is 5.58. The van der Waals surface area contributed by atoms with Gasteiger partial charge in [0.1, 0.15) is 11.9 Å². The van der Waals surface area contributed by atoms with Crippen LogP contribution in [0.5, 0.6) is 0 Å². The molecular formula is C24H20FN3O. The Labute approximate surface area is 168 Å². The van der Waals surface area contributed by atoms with Crippen LogP contribution in [-0.2, 0) is 6.42 Å². The number of hydrogen-bond acceptors (Lipinski definition) is 4. The van der Waals surface area contributed by atoms with Crippen LogP contribution in [0.1, 0.15) is 29.5 Å². The van der Waals surface area contributed by atoms with Crippen molar-refractivity contribution in [1.29, 1.82) is 0 Å². The third kappa shape index (κ3) is 3.40. The van der Waals surface area contributed by atoms with Gasteiger partial charge in [-0.05, 0) is 54.3 Å². The molecule has 0 amide bonds. The second kappa shape index (κ2) is 7.51. The molecule has 0 saturated heterocycles. The van der Waals surface area contributed by atoms with Crippen LogP contribution in [0.4, 0.5) is 10.1 Å². The van der Waals surface area contributed by atoms with Crippen LogP contribution in [0, 0.1) is 5.82 Å². The predicted octanol–water partition coefficient (Wildman–Crippen LogP) is 5.42. The number of halogens is 1. The smallest absolute Gasteiger partial charge is 0.247 e. The minimum absolute atomic E-state index is 0.262. The van der Waals surface area contributed by atoms with E-state index in [0.29, 0.717) is 11.8 Å². The molecule has 2 heterocycles. The second-order valence-electron chi connectivity index (χ2n) is 7.19. The van der Waals surface area contributed by atoms with Crippen LogP contribution in [0.25, 0.3) is 11.5 Å². The van der Waals surface area contributed by atoms with Crippen molar-refractivity contribution in [3.05, 3.63) is 102 Å². The molecule has 0 aliphatic carbocycles. The summed E-state index contributed by atoms with van der Waals surface area (Å²) >= 11 is 0. The Morgan fingerprint density at radius 3 is 2.45 bits per heavy atom. The Hall–Kier alpha value is -3.47. The van der Waals surface area contributed by atoms with E-state index < -0.39 is 0 Å². The van der Waals surface area contributed by atoms with Crippen molar-refractivity contribution in [2.75, 3.05) is 11.4 Å². The fraction of sp³-hybridized carbons (Fsp3) is 0.167. The van der Waals surface area contributed by atoms with Crippen molar-refractivity contribution in [1.82, 2.24) is 10.2 Å². The highest BCUT2D eigenvalue weighted by Gasteiger charge is 2.31. The molecule has 1 aliphatic heterocycles. The van der Waals surface area contributed by atoms with Gasteiger partial charge in [0.2, 0.25) is 11.8 Å². The van der Waals surface area contributed by atoms with E-state index in [-0.39, 0.29) is 11.9 Å². The first-order valence-electron chi connectivity index (χ1n) is 9.78. The summed E-state index contributed by atoms with van der Waals surface area (Å²) in [6, 6.07) is 24.4. The summed E-state index contributed by atoms with van der Waals surface area (Å²) in [5.74, 6) is 0.729. The lowest BCUT2D eigenvalue weighted by Crippen LogP contribution is -2.34. The molecule has 5 heteroatoms. The zero-order valence-corrected chi connectivity index (χ0v) is 15.8. The van der Waals surface area contributed by atoms with Crippen LogP contribution < -0.4 is 4.90 Å². The molecule has 29 heavy (non-hydrogen) atoms. The van der Waals surface area contributed by atoms with Crippen LogP contribution in [0.3, 0.4) is 0 Å². The Kier molecular flexibility index (Phi) is 4.56. The molecule has 4 aromatic rings. The lowest BCUT2D eigenvalue weighted by molar-refractivity contribution is 0.461. The van der Waals surface area contributed by atoms with E-state index in [1.54, 1.807) is 12.1 Å². The number of para-hydroxylation sites is 1. The van der Waals surface area contributed by atoms with Crippen molar-refractivity contribution >= 4 is 5.69 Å². The topological polar surface area (TPSA) is 42.2 Å². The number of hydrogen-bond donors (Lipinski definition) is 0. The average Bonchev–Trinajstić information content (AvgIpc) is 3.26. The molecule has 1 aliphatic rings. The van der Waals surface area contributed by atoms with Gasteiger partial charge in [0.25, 0.3) is 0 Å². The minimum Gasteiger partial charge on any atom is -0.418 e. The maximum absolute atomic E-state index is 13.6. The summed E-state index contributed by atoms with van der Waals surface area (Å²) in [4.78, 5) is 2.29. The molecule has 144 valence electrons. The quantitative estimate of drug-likeness (QED) is 0.471. The van der Waals surface area contributed by atoms with Crippen LogP contribution in [-0.4, -0.2) is 16.7 Å². The maximum Gasteiger partial charge on any atom is 0.247 e. The number of nitrogens with zero attached hydrogens (tertiary/aromatic N) is 3. The van der Waals surface area contributed by atoms with Gasteiger partial charge < -0.3 is 9.32 Å². The van der Waals surface area contributed by atoms with Crippen molar-refractivity contribution < 1.29 is 8.81 Å². The summed E-state index contributed by atoms with van der Waals surface area (Å²) in [5, 5.41) is 8.67. The van der Waals surface area contributed by atoms with Gasteiger partial charge in [-0.3, -0.25) is 0 Å². The summed E-state index contributed by atoms with van der Waals surface area (Å²) in [6.45, 7) is 0.863. The Bertz CT molecular complexity index is 1110. The number of aryl methyl sites for hydroxylation is 1. The first-order valence-corrected chi connectivity index (χ1v) is 9.78. The summed E-state index contributed by atoms with van der Waals surface area (Å²) in [7, 11) is 0. The molecule has 1 aromatic heterocycles. The second-order valence-corrected chi connectivity index (χ2v) is 7.19. The van der Waals surface area contributed by atoms with Gasteiger partial charge in [-0.15, -0.1) is 10.2 Å². The molecular weight excluding hydrogens is 365 g/mol. The van der Waals surface area contributed by atoms with Crippen molar-refractivity contribution in [3.63, 3.8) is 0 Å². The molecule has 0 radical (unpaired) electrons. The van der Waals surface area contributed by atoms with Gasteiger partial charge in [0.15, 0.2) is 0 Å². The molecule has 4 nitrogen and oxygen atoms in total. The van der Waals surface area contributed by atoms with E-state index in [4.69, 9.17) is 4.42 Å². The summed E-state index contributed by atoms with van der Waals surface area (Å²) in [6.07, 6.45) is 2.08. The monoisotopic (exact) mass is 385 g/mol. The fourth-order valence-corrected chi connectivity index (χ4v) is 3.97. The number of anilines is 1. The van der Waals surface area contributed by atoms with E-state index in [1.165, 1.54) is 17.7 Å². The first kappa shape index (κ1) is 17.6. The standard InChI is InChI=1S/C24H20FN3O/c25-20-14-12-18(13-15-20)22(28-16-6-10-17-7-4-5-11-21(17)28)24-27-26-23(29-24)19-8-2-1-3-9-19/h1-5,7-9,11-15,22H,6,10,16H2/t22-/m0/s1. The van der Waals surface area contributed by atoms with Gasteiger partial charge >= 0.3 is 0 Å². The number of rotatable bonds is 4. The van der Waals surface area contributed by atoms with Gasteiger partial charge in [0.05, 0.1) is 0 Å². The predicted molar refractivity (Wildman–Crippen MR) is 110 cm³/mol. The number of fused-ring (bicyclic) bond motifs is 1. The van der Waals surface area contributed by atoms with Gasteiger partial charge in [-0.25, -0.2) is 4.39 Å². The third-order valence-corrected chi connectivity index (χ3v) is 5.34. The molecule has 0 N–H and O–H groups in total. The molecule has 0 saturated carbocycles. The van der Waals surface area contributed by atoms with Crippen molar-refractivity contribution in [2.45, 2.75) is 18.9 Å². The van der Waals surface area contributed by atoms with E-state index in [9.17, 15) is 4.39 Å². The third-order valence-electron chi connectivity index (χ3n) is 5.34. The molecule has 0 unspecified atom stereocenters. The van der Waals surface area contributed by atoms with Crippen molar-refractivity contribution in [3.8, 4) is 11.5 Å². The molecule has 3 aromatic carbocycles. The van der Waals surface area contributed by atoms with Crippen LogP contribution >= 0.6 is 0 Å². The maximum atomic E-state index is 13.6. The zero-order chi connectivity index (χ0) is 19.6. The lowest BCUT2D eigenvalue weighted by Gasteiger charge is -2.36. The fourth-order valence-electron chi connectivity index (χ4n) is 3.97. The van der Waals surface area contributed by atoms with E-state index in [2.05, 4.69) is 33.3 Å². The highest BCUT2D eigenvalue weighted by atomic mass is 19.1. The van der Waals surface area contributed by atoms with Gasteiger partial charge in [-0.1, -0.05) is 48.5 Å². The Morgan fingerprint density at radius 1 is 0.862 bits per heavy atom. The molecule has 0 fully saturated rings. The van der Waals surface area contributed by atoms with Crippen molar-refractivity contribution in [2.24, 2.45) is 0 Å². The largest absolute Gasteiger partial charge is 0.418 e. The molecule has 0 bridgehead atoms. The van der Waals surface area contributed by atoms with Crippen LogP contribution in [0.15, 0.2) is 83.3 Å². The van der Waals surface area contributed by atoms with E-state index in [0.717, 1.165) is 36.2 Å². The van der Waals surface area contributed by atoms with Gasteiger partial charge in [-0.2, -0.15) is 0 Å². The molecule has 1 atom stereocenters. The van der Waals surface area contributed by atoms with Crippen LogP contribution in [0.2, 0.25) is 0 Å². The zero-order valence-electron chi connectivity index (χ0n) is 15.8. The SMILES string of the molecule is Fc1ccc([C@@H](c2nnc(-c3ccccc3)o2)N2CCCc3ccccc32)cc1. The minimum atomic E-state index is -0.276. The van der Waals surface area contributed by atoms with E-state index in [1.807, 2.05) is 36.4 Å². The lowest BCUT2D eigenvalue weighted by atomic mass is 9.97. The highest BCUT2D eigenvalue weighted by Crippen LogP contribution is 2.38. The number of benzene rings is 3. The molecule has 0 spiro atoms. The number of aromatic nitrogens is 2. The summed E-state index contributed by atoms with van der Waals surface area (Å²) in [5.41, 5.74) is 4.26. The average molecular weight is 385 g/mol. The molecule has 5 rings (SSSR count). The van der Waals surface area contributed by atoms with E-state index >= 15 is 0 Å². The summed E-state index contributed by atoms with van der Waals surface area (Å²) < 4.78 is 19.7. The Balaban J connectivity index is 1.61.